The molecule has 22 heavy (non-hydrogen) atoms. The number of nitrogens with zero attached hydrogens (tertiary/aromatic N) is 1. The van der Waals surface area contributed by atoms with Crippen molar-refractivity contribution in [1.29, 1.82) is 0 Å². The molecule has 1 aromatic carbocycles. The Morgan fingerprint density at radius 3 is 2.32 bits per heavy atom. The molecule has 0 heterocycles. The summed E-state index contributed by atoms with van der Waals surface area (Å²) in [6, 6.07) is 6.19. The Kier molecular flexibility index (Phi) is 5.20. The van der Waals surface area contributed by atoms with Gasteiger partial charge in [0.15, 0.2) is 0 Å². The molecular weight excluding hydrogens is 278 g/mol. The van der Waals surface area contributed by atoms with E-state index >= 15 is 0 Å². The number of carbonyl (C=O) groups is 2. The van der Waals surface area contributed by atoms with E-state index in [4.69, 9.17) is 5.73 Å². The van der Waals surface area contributed by atoms with Crippen molar-refractivity contribution >= 4 is 23.3 Å². The number of anilines is 2. The van der Waals surface area contributed by atoms with Crippen molar-refractivity contribution in [3.05, 3.63) is 36.0 Å². The summed E-state index contributed by atoms with van der Waals surface area (Å²) in [6.07, 6.45) is 6.56. The van der Waals surface area contributed by atoms with Gasteiger partial charge in [-0.25, -0.2) is 9.69 Å². The van der Waals surface area contributed by atoms with Gasteiger partial charge in [0.05, 0.1) is 5.69 Å². The van der Waals surface area contributed by atoms with Crippen LogP contribution in [-0.2, 0) is 4.79 Å². The number of rotatable bonds is 3. The number of nitrogens with two attached hydrogens (primary N) is 1. The first-order chi connectivity index (χ1) is 10.5. The van der Waals surface area contributed by atoms with Crippen LogP contribution in [0.25, 0.3) is 0 Å². The standard InChI is InChI=1S/C17H23N3O2/c1-12(14-5-3-4-6-14)11-19-17(22)20(13(2)21)16-9-7-15(18)8-10-16/h7-11,14H,3-6,18H2,1-2H3,(H,19,22)/b12-11+. The minimum absolute atomic E-state index is 0.339. The fourth-order valence-corrected chi connectivity index (χ4v) is 2.80. The topological polar surface area (TPSA) is 75.4 Å². The lowest BCUT2D eigenvalue weighted by Gasteiger charge is -2.19. The summed E-state index contributed by atoms with van der Waals surface area (Å²) >= 11 is 0. The Labute approximate surface area is 131 Å². The molecule has 0 spiro atoms. The molecule has 1 aliphatic rings. The number of amides is 3. The zero-order valence-electron chi connectivity index (χ0n) is 13.1. The van der Waals surface area contributed by atoms with E-state index in [-0.39, 0.29) is 5.91 Å². The molecule has 0 aliphatic heterocycles. The maximum absolute atomic E-state index is 12.3. The van der Waals surface area contributed by atoms with E-state index in [2.05, 4.69) is 5.32 Å². The highest BCUT2D eigenvalue weighted by Gasteiger charge is 2.20. The van der Waals surface area contributed by atoms with Crippen molar-refractivity contribution in [3.63, 3.8) is 0 Å². The molecule has 5 heteroatoms. The minimum Gasteiger partial charge on any atom is -0.399 e. The Hall–Kier alpha value is -2.30. The number of urea groups is 1. The van der Waals surface area contributed by atoms with Crippen LogP contribution in [0.15, 0.2) is 36.0 Å². The minimum atomic E-state index is -0.449. The largest absolute Gasteiger partial charge is 0.399 e. The van der Waals surface area contributed by atoms with Gasteiger partial charge < -0.3 is 11.1 Å². The van der Waals surface area contributed by atoms with Crippen molar-refractivity contribution in [3.8, 4) is 0 Å². The summed E-state index contributed by atoms with van der Waals surface area (Å²) in [5, 5.41) is 2.73. The van der Waals surface area contributed by atoms with Gasteiger partial charge in [0.2, 0.25) is 5.91 Å². The highest BCUT2D eigenvalue weighted by Crippen LogP contribution is 2.30. The monoisotopic (exact) mass is 301 g/mol. The average molecular weight is 301 g/mol. The second-order valence-electron chi connectivity index (χ2n) is 5.77. The zero-order valence-corrected chi connectivity index (χ0v) is 13.1. The van der Waals surface area contributed by atoms with E-state index in [9.17, 15) is 9.59 Å². The van der Waals surface area contributed by atoms with Crippen LogP contribution in [-0.4, -0.2) is 11.9 Å². The lowest BCUT2D eigenvalue weighted by atomic mass is 10.0. The third-order valence-corrected chi connectivity index (χ3v) is 4.09. The van der Waals surface area contributed by atoms with Crippen molar-refractivity contribution in [2.75, 3.05) is 10.6 Å². The molecule has 3 N–H and O–H groups in total. The maximum Gasteiger partial charge on any atom is 0.332 e. The van der Waals surface area contributed by atoms with E-state index in [0.717, 1.165) is 10.5 Å². The third kappa shape index (κ3) is 3.87. The molecule has 1 aromatic rings. The van der Waals surface area contributed by atoms with Crippen LogP contribution in [0.1, 0.15) is 39.5 Å². The molecular formula is C17H23N3O2. The molecule has 3 amide bonds. The van der Waals surface area contributed by atoms with Crippen molar-refractivity contribution in [1.82, 2.24) is 5.32 Å². The van der Waals surface area contributed by atoms with Gasteiger partial charge in [0.25, 0.3) is 0 Å². The van der Waals surface area contributed by atoms with E-state index < -0.39 is 6.03 Å². The summed E-state index contributed by atoms with van der Waals surface area (Å²) in [7, 11) is 0. The molecule has 118 valence electrons. The van der Waals surface area contributed by atoms with Crippen LogP contribution in [0.2, 0.25) is 0 Å². The highest BCUT2D eigenvalue weighted by atomic mass is 16.2. The summed E-state index contributed by atoms with van der Waals surface area (Å²) in [5.74, 6) is 0.205. The van der Waals surface area contributed by atoms with Crippen molar-refractivity contribution in [2.24, 2.45) is 5.92 Å². The first-order valence-corrected chi connectivity index (χ1v) is 7.62. The van der Waals surface area contributed by atoms with Crippen LogP contribution in [0.3, 0.4) is 0 Å². The molecule has 0 bridgehead atoms. The highest BCUT2D eigenvalue weighted by molar-refractivity contribution is 6.13. The quantitative estimate of drug-likeness (QED) is 0.840. The molecule has 0 radical (unpaired) electrons. The lowest BCUT2D eigenvalue weighted by molar-refractivity contribution is -0.115. The molecule has 1 fully saturated rings. The Balaban J connectivity index is 2.08. The summed E-state index contributed by atoms with van der Waals surface area (Å²) in [6.45, 7) is 3.39. The molecule has 0 saturated heterocycles. The predicted octanol–water partition coefficient (Wildman–Crippen LogP) is 3.43. The fourth-order valence-electron chi connectivity index (χ4n) is 2.80. The van der Waals surface area contributed by atoms with Crippen LogP contribution in [0, 0.1) is 5.92 Å². The van der Waals surface area contributed by atoms with Gasteiger partial charge in [0, 0.05) is 18.8 Å². The molecule has 0 unspecified atom stereocenters. The van der Waals surface area contributed by atoms with Gasteiger partial charge in [-0.05, 0) is 49.9 Å². The third-order valence-electron chi connectivity index (χ3n) is 4.09. The second kappa shape index (κ2) is 7.11. The van der Waals surface area contributed by atoms with Gasteiger partial charge in [-0.15, -0.1) is 0 Å². The van der Waals surface area contributed by atoms with Crippen LogP contribution < -0.4 is 16.0 Å². The van der Waals surface area contributed by atoms with Gasteiger partial charge in [0.1, 0.15) is 0 Å². The summed E-state index contributed by atoms with van der Waals surface area (Å²) in [4.78, 5) is 25.2. The van der Waals surface area contributed by atoms with E-state index in [1.807, 2.05) is 6.92 Å². The Morgan fingerprint density at radius 2 is 1.77 bits per heavy atom. The van der Waals surface area contributed by atoms with Crippen LogP contribution in [0.4, 0.5) is 16.2 Å². The van der Waals surface area contributed by atoms with E-state index in [0.29, 0.717) is 17.3 Å². The van der Waals surface area contributed by atoms with Crippen molar-refractivity contribution in [2.45, 2.75) is 39.5 Å². The smallest absolute Gasteiger partial charge is 0.332 e. The predicted molar refractivity (Wildman–Crippen MR) is 88.3 cm³/mol. The number of benzene rings is 1. The SMILES string of the molecule is CC(=O)N(C(=O)N/C=C(\C)C1CCCC1)c1ccc(N)cc1. The number of nitrogens with one attached hydrogen (secondary N) is 1. The first-order valence-electron chi connectivity index (χ1n) is 7.62. The Morgan fingerprint density at radius 1 is 1.18 bits per heavy atom. The number of hydrogen-bond acceptors (Lipinski definition) is 3. The van der Waals surface area contributed by atoms with Gasteiger partial charge in [-0.1, -0.05) is 18.4 Å². The number of carbonyl (C=O) groups excluding carboxylic acids is 2. The van der Waals surface area contributed by atoms with E-state index in [1.54, 1.807) is 30.5 Å². The first kappa shape index (κ1) is 16.1. The molecule has 1 saturated carbocycles. The molecule has 2 rings (SSSR count). The van der Waals surface area contributed by atoms with Gasteiger partial charge in [-0.3, -0.25) is 4.79 Å². The van der Waals surface area contributed by atoms with Crippen LogP contribution >= 0.6 is 0 Å². The average Bonchev–Trinajstić information content (AvgIpc) is 3.01. The normalized spacial score (nSPS) is 15.6. The van der Waals surface area contributed by atoms with Gasteiger partial charge in [-0.2, -0.15) is 0 Å². The molecule has 5 nitrogen and oxygen atoms in total. The molecule has 1 aliphatic carbocycles. The van der Waals surface area contributed by atoms with Gasteiger partial charge >= 0.3 is 6.03 Å². The molecule has 0 atom stereocenters. The van der Waals surface area contributed by atoms with Crippen molar-refractivity contribution < 1.29 is 9.59 Å². The molecule has 0 aromatic heterocycles. The zero-order chi connectivity index (χ0) is 16.1. The number of imide groups is 1. The number of nitrogen functional groups attached to an aromatic ring is 1. The lowest BCUT2D eigenvalue weighted by Crippen LogP contribution is -2.41. The van der Waals surface area contributed by atoms with E-state index in [1.165, 1.54) is 32.6 Å². The Bertz CT molecular complexity index is 572. The second-order valence-corrected chi connectivity index (χ2v) is 5.77. The number of allylic oxidation sites excluding steroid dienone is 1. The summed E-state index contributed by atoms with van der Waals surface area (Å²) < 4.78 is 0. The maximum atomic E-state index is 12.3. The summed E-state index contributed by atoms with van der Waals surface area (Å²) in [5.41, 5.74) is 7.89. The number of hydrogen-bond donors (Lipinski definition) is 2. The fraction of sp³-hybridized carbons (Fsp3) is 0.412. The van der Waals surface area contributed by atoms with Crippen LogP contribution in [0.5, 0.6) is 0 Å².